The lowest BCUT2D eigenvalue weighted by atomic mass is 10.1. The van der Waals surface area contributed by atoms with Crippen LogP contribution in [-0.4, -0.2) is 33.5 Å². The third-order valence-electron chi connectivity index (χ3n) is 4.38. The van der Waals surface area contributed by atoms with E-state index >= 15 is 0 Å². The molecule has 29 heavy (non-hydrogen) atoms. The quantitative estimate of drug-likeness (QED) is 0.419. The molecule has 0 radical (unpaired) electrons. The SMILES string of the molecule is C=CCn1c(SCC(=O)Nc2ccccc2CC)nnc1-c1ccccc1OC. The Hall–Kier alpha value is -3.06. The molecule has 0 aliphatic carbocycles. The molecule has 0 unspecified atom stereocenters. The minimum atomic E-state index is -0.0807. The summed E-state index contributed by atoms with van der Waals surface area (Å²) in [4.78, 5) is 12.5. The molecule has 0 bridgehead atoms. The molecule has 0 saturated heterocycles. The normalized spacial score (nSPS) is 10.6. The third kappa shape index (κ3) is 4.86. The molecule has 2 aromatic carbocycles. The number of hydrogen-bond donors (Lipinski definition) is 1. The molecule has 1 amide bonds. The van der Waals surface area contributed by atoms with Gasteiger partial charge in [-0.1, -0.05) is 55.1 Å². The Balaban J connectivity index is 1.77. The van der Waals surface area contributed by atoms with Gasteiger partial charge in [0, 0.05) is 12.2 Å². The predicted octanol–water partition coefficient (Wildman–Crippen LogP) is 4.43. The van der Waals surface area contributed by atoms with E-state index in [1.54, 1.807) is 13.2 Å². The van der Waals surface area contributed by atoms with Crippen molar-refractivity contribution in [2.45, 2.75) is 25.0 Å². The van der Waals surface area contributed by atoms with Crippen LogP contribution < -0.4 is 10.1 Å². The lowest BCUT2D eigenvalue weighted by Crippen LogP contribution is -2.15. The smallest absolute Gasteiger partial charge is 0.234 e. The number of hydrogen-bond acceptors (Lipinski definition) is 5. The van der Waals surface area contributed by atoms with E-state index in [0.717, 1.165) is 29.0 Å². The summed E-state index contributed by atoms with van der Waals surface area (Å²) >= 11 is 1.35. The van der Waals surface area contributed by atoms with E-state index in [1.807, 2.05) is 53.1 Å². The first-order chi connectivity index (χ1) is 14.2. The Morgan fingerprint density at radius 1 is 1.21 bits per heavy atom. The van der Waals surface area contributed by atoms with E-state index in [9.17, 15) is 4.79 Å². The van der Waals surface area contributed by atoms with Crippen molar-refractivity contribution in [3.05, 3.63) is 66.7 Å². The minimum Gasteiger partial charge on any atom is -0.496 e. The van der Waals surface area contributed by atoms with Gasteiger partial charge in [-0.2, -0.15) is 0 Å². The van der Waals surface area contributed by atoms with Crippen molar-refractivity contribution in [2.24, 2.45) is 0 Å². The number of carbonyl (C=O) groups excluding carboxylic acids is 1. The zero-order chi connectivity index (χ0) is 20.6. The van der Waals surface area contributed by atoms with Crippen LogP contribution in [0.15, 0.2) is 66.3 Å². The molecule has 0 fully saturated rings. The molecular formula is C22H24N4O2S. The van der Waals surface area contributed by atoms with Gasteiger partial charge in [0.25, 0.3) is 0 Å². The van der Waals surface area contributed by atoms with E-state index in [4.69, 9.17) is 4.74 Å². The first-order valence-corrected chi connectivity index (χ1v) is 10.3. The standard InChI is InChI=1S/C22H24N4O2S/c1-4-14-26-21(17-11-7-9-13-19(17)28-3)24-25-22(26)29-15-20(27)23-18-12-8-6-10-16(18)5-2/h4,6-13H,1,5,14-15H2,2-3H3,(H,23,27). The van der Waals surface area contributed by atoms with Crippen LogP contribution in [0.25, 0.3) is 11.4 Å². The number of allylic oxidation sites excluding steroid dienone is 1. The van der Waals surface area contributed by atoms with E-state index in [-0.39, 0.29) is 11.7 Å². The van der Waals surface area contributed by atoms with Crippen LogP contribution in [0, 0.1) is 0 Å². The summed E-state index contributed by atoms with van der Waals surface area (Å²) in [5.41, 5.74) is 2.81. The van der Waals surface area contributed by atoms with Gasteiger partial charge in [0.2, 0.25) is 5.91 Å². The number of aryl methyl sites for hydroxylation is 1. The van der Waals surface area contributed by atoms with Crippen molar-refractivity contribution in [3.8, 4) is 17.1 Å². The van der Waals surface area contributed by atoms with E-state index in [1.165, 1.54) is 11.8 Å². The summed E-state index contributed by atoms with van der Waals surface area (Å²) in [5, 5.41) is 12.3. The summed E-state index contributed by atoms with van der Waals surface area (Å²) in [6.07, 6.45) is 2.64. The number of rotatable bonds is 9. The van der Waals surface area contributed by atoms with Crippen molar-refractivity contribution < 1.29 is 9.53 Å². The largest absolute Gasteiger partial charge is 0.496 e. The zero-order valence-corrected chi connectivity index (χ0v) is 17.4. The first kappa shape index (κ1) is 20.7. The molecule has 3 rings (SSSR count). The second-order valence-corrected chi connectivity index (χ2v) is 7.20. The van der Waals surface area contributed by atoms with Crippen LogP contribution in [-0.2, 0) is 17.8 Å². The molecule has 150 valence electrons. The molecule has 0 atom stereocenters. The number of benzene rings is 2. The third-order valence-corrected chi connectivity index (χ3v) is 5.35. The average molecular weight is 409 g/mol. The molecule has 3 aromatic rings. The zero-order valence-electron chi connectivity index (χ0n) is 16.6. The van der Waals surface area contributed by atoms with Crippen molar-refractivity contribution in [2.75, 3.05) is 18.2 Å². The Morgan fingerprint density at radius 3 is 2.72 bits per heavy atom. The Morgan fingerprint density at radius 2 is 1.97 bits per heavy atom. The van der Waals surface area contributed by atoms with Gasteiger partial charge in [-0.25, -0.2) is 0 Å². The van der Waals surface area contributed by atoms with Crippen molar-refractivity contribution in [3.63, 3.8) is 0 Å². The van der Waals surface area contributed by atoms with E-state index in [0.29, 0.717) is 17.5 Å². The maximum atomic E-state index is 12.5. The number of anilines is 1. The Bertz CT molecular complexity index is 1000. The van der Waals surface area contributed by atoms with Gasteiger partial charge in [0.1, 0.15) is 5.75 Å². The number of nitrogens with zero attached hydrogens (tertiary/aromatic N) is 3. The number of aromatic nitrogens is 3. The summed E-state index contributed by atoms with van der Waals surface area (Å²) in [6.45, 7) is 6.43. The second kappa shape index (κ2) is 9.93. The number of para-hydroxylation sites is 2. The second-order valence-electron chi connectivity index (χ2n) is 6.25. The topological polar surface area (TPSA) is 69.0 Å². The summed E-state index contributed by atoms with van der Waals surface area (Å²) in [5.74, 6) is 1.55. The van der Waals surface area contributed by atoms with Crippen LogP contribution in [0.3, 0.4) is 0 Å². The molecule has 1 aromatic heterocycles. The van der Waals surface area contributed by atoms with Crippen molar-refractivity contribution in [1.29, 1.82) is 0 Å². The maximum Gasteiger partial charge on any atom is 0.234 e. The number of methoxy groups -OCH3 is 1. The Kier molecular flexibility index (Phi) is 7.08. The highest BCUT2D eigenvalue weighted by Crippen LogP contribution is 2.31. The fourth-order valence-corrected chi connectivity index (χ4v) is 3.73. The number of amides is 1. The number of thioether (sulfide) groups is 1. The molecule has 1 N–H and O–H groups in total. The number of ether oxygens (including phenoxy) is 1. The molecule has 1 heterocycles. The maximum absolute atomic E-state index is 12.5. The predicted molar refractivity (Wildman–Crippen MR) is 117 cm³/mol. The van der Waals surface area contributed by atoms with Gasteiger partial charge in [0.15, 0.2) is 11.0 Å². The average Bonchev–Trinajstić information content (AvgIpc) is 3.15. The lowest BCUT2D eigenvalue weighted by molar-refractivity contribution is -0.113. The summed E-state index contributed by atoms with van der Waals surface area (Å²) in [6, 6.07) is 15.5. The monoisotopic (exact) mass is 408 g/mol. The molecule has 0 spiro atoms. The molecular weight excluding hydrogens is 384 g/mol. The van der Waals surface area contributed by atoms with Gasteiger partial charge < -0.3 is 10.1 Å². The Labute approximate surface area is 175 Å². The van der Waals surface area contributed by atoms with Crippen LogP contribution in [0.4, 0.5) is 5.69 Å². The van der Waals surface area contributed by atoms with Gasteiger partial charge in [0.05, 0.1) is 18.4 Å². The van der Waals surface area contributed by atoms with Crippen LogP contribution in [0.2, 0.25) is 0 Å². The van der Waals surface area contributed by atoms with Crippen molar-refractivity contribution in [1.82, 2.24) is 14.8 Å². The van der Waals surface area contributed by atoms with Gasteiger partial charge in [-0.3, -0.25) is 9.36 Å². The number of carbonyl (C=O) groups is 1. The summed E-state index contributed by atoms with van der Waals surface area (Å²) in [7, 11) is 1.63. The van der Waals surface area contributed by atoms with Crippen LogP contribution >= 0.6 is 11.8 Å². The molecule has 0 aliphatic heterocycles. The highest BCUT2D eigenvalue weighted by atomic mass is 32.2. The lowest BCUT2D eigenvalue weighted by Gasteiger charge is -2.11. The molecule has 6 nitrogen and oxygen atoms in total. The minimum absolute atomic E-state index is 0.0807. The fourth-order valence-electron chi connectivity index (χ4n) is 2.98. The highest BCUT2D eigenvalue weighted by molar-refractivity contribution is 7.99. The van der Waals surface area contributed by atoms with Crippen LogP contribution in [0.1, 0.15) is 12.5 Å². The fraction of sp³-hybridized carbons (Fsp3) is 0.227. The van der Waals surface area contributed by atoms with Crippen LogP contribution in [0.5, 0.6) is 5.75 Å². The summed E-state index contributed by atoms with van der Waals surface area (Å²) < 4.78 is 7.38. The van der Waals surface area contributed by atoms with E-state index in [2.05, 4.69) is 29.0 Å². The molecule has 7 heteroatoms. The van der Waals surface area contributed by atoms with Gasteiger partial charge >= 0.3 is 0 Å². The van der Waals surface area contributed by atoms with Gasteiger partial charge in [-0.15, -0.1) is 16.8 Å². The highest BCUT2D eigenvalue weighted by Gasteiger charge is 2.17. The van der Waals surface area contributed by atoms with Crippen molar-refractivity contribution >= 4 is 23.4 Å². The number of nitrogens with one attached hydrogen (secondary N) is 1. The van der Waals surface area contributed by atoms with E-state index < -0.39 is 0 Å². The molecule has 0 aliphatic rings. The van der Waals surface area contributed by atoms with Gasteiger partial charge in [-0.05, 0) is 30.2 Å². The molecule has 0 saturated carbocycles. The first-order valence-electron chi connectivity index (χ1n) is 9.36.